The minimum absolute atomic E-state index is 0.125. The third-order valence-electron chi connectivity index (χ3n) is 4.37. The third-order valence-corrected chi connectivity index (χ3v) is 4.37. The first-order valence-electron chi connectivity index (χ1n) is 9.17. The maximum atomic E-state index is 12.4. The number of benzene rings is 3. The number of amides is 1. The number of fused-ring (bicyclic) bond motifs is 1. The molecule has 0 aliphatic heterocycles. The van der Waals surface area contributed by atoms with Crippen molar-refractivity contribution in [2.45, 2.75) is 32.9 Å². The van der Waals surface area contributed by atoms with Crippen molar-refractivity contribution in [3.05, 3.63) is 72.3 Å². The summed E-state index contributed by atoms with van der Waals surface area (Å²) in [6.45, 7) is 6.07. The first kappa shape index (κ1) is 18.8. The zero-order valence-electron chi connectivity index (χ0n) is 15.9. The Morgan fingerprint density at radius 2 is 1.67 bits per heavy atom. The number of carbonyl (C=O) groups is 1. The molecule has 27 heavy (non-hydrogen) atoms. The number of ether oxygens (including phenoxy) is 2. The molecular weight excluding hydrogens is 338 g/mol. The molecule has 0 spiro atoms. The Morgan fingerprint density at radius 3 is 2.44 bits per heavy atom. The van der Waals surface area contributed by atoms with Crippen LogP contribution >= 0.6 is 0 Å². The molecule has 3 rings (SSSR count). The van der Waals surface area contributed by atoms with E-state index in [-0.39, 0.29) is 11.9 Å². The van der Waals surface area contributed by atoms with Gasteiger partial charge in [0.05, 0.1) is 6.04 Å². The van der Waals surface area contributed by atoms with Crippen LogP contribution < -0.4 is 14.8 Å². The van der Waals surface area contributed by atoms with Crippen LogP contribution in [0.5, 0.6) is 11.5 Å². The van der Waals surface area contributed by atoms with Crippen LogP contribution in [-0.4, -0.2) is 24.7 Å². The van der Waals surface area contributed by atoms with Gasteiger partial charge < -0.3 is 14.8 Å². The molecule has 4 nitrogen and oxygen atoms in total. The van der Waals surface area contributed by atoms with Gasteiger partial charge in [-0.05, 0) is 55.3 Å². The van der Waals surface area contributed by atoms with E-state index in [1.165, 1.54) is 0 Å². The molecule has 1 N–H and O–H groups in total. The van der Waals surface area contributed by atoms with Crippen LogP contribution in [0.15, 0.2) is 66.7 Å². The van der Waals surface area contributed by atoms with Crippen LogP contribution in [0, 0.1) is 6.92 Å². The van der Waals surface area contributed by atoms with Gasteiger partial charge in [-0.2, -0.15) is 0 Å². The standard InChI is InChI=1S/C23H25NO3/c1-16-8-4-7-11-22(16)26-15-17(2)24-23(25)18(3)27-21-13-12-19-9-5-6-10-20(19)14-21/h4-14,17-18H,15H2,1-3H3,(H,24,25)/t17-,18-/m1/s1. The van der Waals surface area contributed by atoms with E-state index in [9.17, 15) is 4.79 Å². The van der Waals surface area contributed by atoms with Crippen LogP contribution in [-0.2, 0) is 4.79 Å². The number of para-hydroxylation sites is 1. The Labute approximate surface area is 160 Å². The van der Waals surface area contributed by atoms with Crippen molar-refractivity contribution in [1.82, 2.24) is 5.32 Å². The SMILES string of the molecule is Cc1ccccc1OC[C@@H](C)NC(=O)[C@@H](C)Oc1ccc2ccccc2c1. The van der Waals surface area contributed by atoms with Crippen LogP contribution in [0.3, 0.4) is 0 Å². The second-order valence-electron chi connectivity index (χ2n) is 6.76. The Hall–Kier alpha value is -3.01. The lowest BCUT2D eigenvalue weighted by Crippen LogP contribution is -2.43. The molecule has 0 bridgehead atoms. The topological polar surface area (TPSA) is 47.6 Å². The average Bonchev–Trinajstić information content (AvgIpc) is 2.67. The molecule has 0 radical (unpaired) electrons. The van der Waals surface area contributed by atoms with Gasteiger partial charge in [0.2, 0.25) is 0 Å². The summed E-state index contributed by atoms with van der Waals surface area (Å²) in [5.41, 5.74) is 1.07. The van der Waals surface area contributed by atoms with Crippen molar-refractivity contribution in [2.24, 2.45) is 0 Å². The van der Waals surface area contributed by atoms with Gasteiger partial charge >= 0.3 is 0 Å². The van der Waals surface area contributed by atoms with Gasteiger partial charge in [-0.25, -0.2) is 0 Å². The molecule has 0 aromatic heterocycles. The Morgan fingerprint density at radius 1 is 0.963 bits per heavy atom. The molecule has 0 saturated heterocycles. The predicted octanol–water partition coefficient (Wildman–Crippen LogP) is 4.50. The second-order valence-corrected chi connectivity index (χ2v) is 6.76. The van der Waals surface area contributed by atoms with Gasteiger partial charge in [0, 0.05) is 0 Å². The fourth-order valence-corrected chi connectivity index (χ4v) is 2.83. The second kappa shape index (κ2) is 8.58. The van der Waals surface area contributed by atoms with E-state index in [1.807, 2.05) is 80.6 Å². The number of hydrogen-bond donors (Lipinski definition) is 1. The largest absolute Gasteiger partial charge is 0.491 e. The molecule has 3 aromatic carbocycles. The van der Waals surface area contributed by atoms with E-state index in [2.05, 4.69) is 5.32 Å². The van der Waals surface area contributed by atoms with E-state index < -0.39 is 6.10 Å². The summed E-state index contributed by atoms with van der Waals surface area (Å²) in [6.07, 6.45) is -0.591. The normalized spacial score (nSPS) is 13.0. The van der Waals surface area contributed by atoms with Crippen molar-refractivity contribution in [3.63, 3.8) is 0 Å². The Bertz CT molecular complexity index is 922. The average molecular weight is 363 g/mol. The molecule has 0 saturated carbocycles. The molecule has 2 atom stereocenters. The first-order chi connectivity index (χ1) is 13.0. The van der Waals surface area contributed by atoms with Crippen LogP contribution in [0.1, 0.15) is 19.4 Å². The number of nitrogens with one attached hydrogen (secondary N) is 1. The zero-order chi connectivity index (χ0) is 19.2. The lowest BCUT2D eigenvalue weighted by atomic mass is 10.1. The molecular formula is C23H25NO3. The molecule has 0 aliphatic rings. The summed E-state index contributed by atoms with van der Waals surface area (Å²) in [4.78, 5) is 12.4. The van der Waals surface area contributed by atoms with Gasteiger partial charge in [-0.3, -0.25) is 4.79 Å². The number of rotatable bonds is 7. The summed E-state index contributed by atoms with van der Waals surface area (Å²) in [5, 5.41) is 5.17. The highest BCUT2D eigenvalue weighted by atomic mass is 16.5. The Kier molecular flexibility index (Phi) is 5.97. The summed E-state index contributed by atoms with van der Waals surface area (Å²) in [7, 11) is 0. The molecule has 0 aliphatic carbocycles. The molecule has 0 unspecified atom stereocenters. The van der Waals surface area contributed by atoms with Gasteiger partial charge in [-0.15, -0.1) is 0 Å². The van der Waals surface area contributed by atoms with E-state index in [4.69, 9.17) is 9.47 Å². The molecule has 4 heteroatoms. The van der Waals surface area contributed by atoms with Crippen molar-refractivity contribution in [2.75, 3.05) is 6.61 Å². The van der Waals surface area contributed by atoms with Crippen molar-refractivity contribution < 1.29 is 14.3 Å². The van der Waals surface area contributed by atoms with Crippen molar-refractivity contribution in [3.8, 4) is 11.5 Å². The van der Waals surface area contributed by atoms with Gasteiger partial charge in [0.1, 0.15) is 18.1 Å². The van der Waals surface area contributed by atoms with Crippen LogP contribution in [0.25, 0.3) is 10.8 Å². The molecule has 140 valence electrons. The maximum Gasteiger partial charge on any atom is 0.261 e. The molecule has 3 aromatic rings. The quantitative estimate of drug-likeness (QED) is 0.672. The number of aryl methyl sites for hydroxylation is 1. The highest BCUT2D eigenvalue weighted by Gasteiger charge is 2.17. The van der Waals surface area contributed by atoms with E-state index in [0.29, 0.717) is 12.4 Å². The van der Waals surface area contributed by atoms with Gasteiger partial charge in [0.15, 0.2) is 6.10 Å². The minimum Gasteiger partial charge on any atom is -0.491 e. The summed E-state index contributed by atoms with van der Waals surface area (Å²) >= 11 is 0. The van der Waals surface area contributed by atoms with Crippen LogP contribution in [0.4, 0.5) is 0 Å². The summed E-state index contributed by atoms with van der Waals surface area (Å²) < 4.78 is 11.6. The van der Waals surface area contributed by atoms with Crippen LogP contribution in [0.2, 0.25) is 0 Å². The minimum atomic E-state index is -0.591. The molecule has 1 amide bonds. The van der Waals surface area contributed by atoms with E-state index in [1.54, 1.807) is 6.92 Å². The number of hydrogen-bond acceptors (Lipinski definition) is 3. The zero-order valence-corrected chi connectivity index (χ0v) is 15.9. The highest BCUT2D eigenvalue weighted by molar-refractivity contribution is 5.84. The molecule has 0 heterocycles. The smallest absolute Gasteiger partial charge is 0.261 e. The van der Waals surface area contributed by atoms with Gasteiger partial charge in [0.25, 0.3) is 5.91 Å². The Balaban J connectivity index is 1.52. The lowest BCUT2D eigenvalue weighted by Gasteiger charge is -2.19. The van der Waals surface area contributed by atoms with Crippen molar-refractivity contribution in [1.29, 1.82) is 0 Å². The molecule has 0 fully saturated rings. The third kappa shape index (κ3) is 5.00. The van der Waals surface area contributed by atoms with E-state index in [0.717, 1.165) is 22.1 Å². The first-order valence-corrected chi connectivity index (χ1v) is 9.17. The fourth-order valence-electron chi connectivity index (χ4n) is 2.83. The van der Waals surface area contributed by atoms with E-state index >= 15 is 0 Å². The number of carbonyl (C=O) groups excluding carboxylic acids is 1. The van der Waals surface area contributed by atoms with Crippen molar-refractivity contribution >= 4 is 16.7 Å². The fraction of sp³-hybridized carbons (Fsp3) is 0.261. The summed E-state index contributed by atoms with van der Waals surface area (Å²) in [6, 6.07) is 21.6. The maximum absolute atomic E-state index is 12.4. The van der Waals surface area contributed by atoms with Gasteiger partial charge in [-0.1, -0.05) is 48.5 Å². The lowest BCUT2D eigenvalue weighted by molar-refractivity contribution is -0.128. The highest BCUT2D eigenvalue weighted by Crippen LogP contribution is 2.21. The monoisotopic (exact) mass is 363 g/mol. The summed E-state index contributed by atoms with van der Waals surface area (Å²) in [5.74, 6) is 1.35. The predicted molar refractivity (Wildman–Crippen MR) is 108 cm³/mol.